The highest BCUT2D eigenvalue weighted by Gasteiger charge is 2.06. The molecule has 0 bridgehead atoms. The molecule has 0 radical (unpaired) electrons. The predicted octanol–water partition coefficient (Wildman–Crippen LogP) is 3.94. The highest BCUT2D eigenvalue weighted by molar-refractivity contribution is 5.92. The Morgan fingerprint density at radius 3 is 2.40 bits per heavy atom. The Labute approximate surface area is 184 Å². The van der Waals surface area contributed by atoms with Crippen LogP contribution in [0.2, 0.25) is 0 Å². The molecule has 0 saturated heterocycles. The standard InChI is InChI=1S/C24H27N3O2.ClH/c28-23(20-8-2-1-3-9-20)18-25-15-6-7-19-11-13-21(14-12-19)27-24(29)17-22-10-4-5-16-26-22;/h1-5,8-14,16,23,25,28H,6-7,15,17-18H2,(H,27,29);1H/t23-;/m0./s1. The molecule has 3 aromatic rings. The first-order valence-corrected chi connectivity index (χ1v) is 9.93. The lowest BCUT2D eigenvalue weighted by molar-refractivity contribution is -0.115. The van der Waals surface area contributed by atoms with Gasteiger partial charge < -0.3 is 15.7 Å². The Morgan fingerprint density at radius 2 is 1.70 bits per heavy atom. The highest BCUT2D eigenvalue weighted by Crippen LogP contribution is 2.12. The molecule has 0 aliphatic rings. The molecule has 0 unspecified atom stereocenters. The summed E-state index contributed by atoms with van der Waals surface area (Å²) >= 11 is 0. The summed E-state index contributed by atoms with van der Waals surface area (Å²) in [6, 6.07) is 23.2. The van der Waals surface area contributed by atoms with Crippen molar-refractivity contribution in [1.29, 1.82) is 0 Å². The zero-order valence-electron chi connectivity index (χ0n) is 16.8. The molecule has 158 valence electrons. The summed E-state index contributed by atoms with van der Waals surface area (Å²) < 4.78 is 0. The van der Waals surface area contributed by atoms with Crippen LogP contribution in [0.4, 0.5) is 5.69 Å². The average molecular weight is 426 g/mol. The van der Waals surface area contributed by atoms with Crippen LogP contribution in [0.25, 0.3) is 0 Å². The summed E-state index contributed by atoms with van der Waals surface area (Å²) in [5.41, 5.74) is 3.70. The third-order valence-electron chi connectivity index (χ3n) is 4.65. The Balaban J connectivity index is 0.00000320. The van der Waals surface area contributed by atoms with Crippen molar-refractivity contribution >= 4 is 24.0 Å². The van der Waals surface area contributed by atoms with Gasteiger partial charge in [0, 0.05) is 24.1 Å². The Morgan fingerprint density at radius 1 is 0.967 bits per heavy atom. The van der Waals surface area contributed by atoms with Crippen molar-refractivity contribution in [3.05, 3.63) is 95.8 Å². The molecule has 0 spiro atoms. The van der Waals surface area contributed by atoms with E-state index in [1.807, 2.05) is 72.8 Å². The summed E-state index contributed by atoms with van der Waals surface area (Å²) in [6.07, 6.45) is 3.39. The fraction of sp³-hybridized carbons (Fsp3) is 0.250. The van der Waals surface area contributed by atoms with E-state index >= 15 is 0 Å². The third kappa shape index (κ3) is 7.95. The number of aliphatic hydroxyl groups excluding tert-OH is 1. The van der Waals surface area contributed by atoms with E-state index in [1.165, 1.54) is 5.56 Å². The van der Waals surface area contributed by atoms with Crippen LogP contribution >= 0.6 is 12.4 Å². The van der Waals surface area contributed by atoms with Crippen molar-refractivity contribution < 1.29 is 9.90 Å². The van der Waals surface area contributed by atoms with Crippen LogP contribution in [0.5, 0.6) is 0 Å². The molecule has 1 amide bonds. The summed E-state index contributed by atoms with van der Waals surface area (Å²) in [5.74, 6) is -0.0716. The minimum absolute atomic E-state index is 0. The molecule has 0 aliphatic heterocycles. The van der Waals surface area contributed by atoms with Crippen LogP contribution in [0.1, 0.15) is 29.3 Å². The number of aromatic nitrogens is 1. The van der Waals surface area contributed by atoms with E-state index in [-0.39, 0.29) is 24.7 Å². The monoisotopic (exact) mass is 425 g/mol. The second-order valence-corrected chi connectivity index (χ2v) is 6.98. The van der Waals surface area contributed by atoms with Crippen molar-refractivity contribution in [2.45, 2.75) is 25.4 Å². The molecule has 1 atom stereocenters. The number of hydrogen-bond acceptors (Lipinski definition) is 4. The largest absolute Gasteiger partial charge is 0.387 e. The van der Waals surface area contributed by atoms with Gasteiger partial charge in [-0.05, 0) is 54.8 Å². The molecule has 0 saturated carbocycles. The number of nitrogens with zero attached hydrogens (tertiary/aromatic N) is 1. The first-order chi connectivity index (χ1) is 14.2. The summed E-state index contributed by atoms with van der Waals surface area (Å²) in [5, 5.41) is 16.3. The number of aryl methyl sites for hydroxylation is 1. The molecule has 2 aromatic carbocycles. The topological polar surface area (TPSA) is 74.2 Å². The lowest BCUT2D eigenvalue weighted by atomic mass is 10.1. The molecule has 0 fully saturated rings. The number of aliphatic hydroxyl groups is 1. The molecule has 30 heavy (non-hydrogen) atoms. The quantitative estimate of drug-likeness (QED) is 0.430. The third-order valence-corrected chi connectivity index (χ3v) is 4.65. The van der Waals surface area contributed by atoms with E-state index in [0.29, 0.717) is 6.54 Å². The van der Waals surface area contributed by atoms with E-state index in [4.69, 9.17) is 0 Å². The molecule has 3 rings (SSSR count). The maximum atomic E-state index is 12.1. The maximum absolute atomic E-state index is 12.1. The Bertz CT molecular complexity index is 874. The molecular weight excluding hydrogens is 398 g/mol. The van der Waals surface area contributed by atoms with E-state index < -0.39 is 6.10 Å². The number of carbonyl (C=O) groups excluding carboxylic acids is 1. The fourth-order valence-corrected chi connectivity index (χ4v) is 3.08. The molecule has 5 nitrogen and oxygen atoms in total. The van der Waals surface area contributed by atoms with Gasteiger partial charge in [0.2, 0.25) is 5.91 Å². The molecule has 3 N–H and O–H groups in total. The van der Waals surface area contributed by atoms with Gasteiger partial charge in [0.15, 0.2) is 0 Å². The number of hydrogen-bond donors (Lipinski definition) is 3. The lowest BCUT2D eigenvalue weighted by Crippen LogP contribution is -2.22. The molecular formula is C24H28ClN3O2. The number of pyridine rings is 1. The van der Waals surface area contributed by atoms with Crippen LogP contribution in [-0.4, -0.2) is 29.1 Å². The summed E-state index contributed by atoms with van der Waals surface area (Å²) in [4.78, 5) is 16.3. The van der Waals surface area contributed by atoms with Crippen LogP contribution in [0.15, 0.2) is 79.0 Å². The minimum Gasteiger partial charge on any atom is -0.387 e. The van der Waals surface area contributed by atoms with Gasteiger partial charge in [-0.1, -0.05) is 48.5 Å². The van der Waals surface area contributed by atoms with Crippen molar-refractivity contribution in [3.8, 4) is 0 Å². The highest BCUT2D eigenvalue weighted by atomic mass is 35.5. The van der Waals surface area contributed by atoms with Gasteiger partial charge in [0.1, 0.15) is 0 Å². The van der Waals surface area contributed by atoms with Crippen LogP contribution < -0.4 is 10.6 Å². The average Bonchev–Trinajstić information content (AvgIpc) is 2.76. The summed E-state index contributed by atoms with van der Waals surface area (Å²) in [7, 11) is 0. The number of carbonyl (C=O) groups is 1. The van der Waals surface area contributed by atoms with Gasteiger partial charge in [0.05, 0.1) is 12.5 Å². The van der Waals surface area contributed by atoms with Gasteiger partial charge in [-0.3, -0.25) is 9.78 Å². The molecule has 0 aliphatic carbocycles. The first-order valence-electron chi connectivity index (χ1n) is 9.93. The van der Waals surface area contributed by atoms with E-state index in [1.54, 1.807) is 6.20 Å². The second kappa shape index (κ2) is 12.8. The van der Waals surface area contributed by atoms with Crippen LogP contribution in [0, 0.1) is 0 Å². The van der Waals surface area contributed by atoms with Gasteiger partial charge in [-0.2, -0.15) is 0 Å². The number of rotatable bonds is 10. The first kappa shape index (κ1) is 23.5. The number of benzene rings is 2. The van der Waals surface area contributed by atoms with E-state index in [0.717, 1.165) is 36.3 Å². The maximum Gasteiger partial charge on any atom is 0.230 e. The van der Waals surface area contributed by atoms with Gasteiger partial charge in [-0.25, -0.2) is 0 Å². The van der Waals surface area contributed by atoms with E-state index in [2.05, 4.69) is 15.6 Å². The lowest BCUT2D eigenvalue weighted by Gasteiger charge is -2.12. The minimum atomic E-state index is -0.481. The number of halogens is 1. The van der Waals surface area contributed by atoms with Gasteiger partial charge in [0.25, 0.3) is 0 Å². The zero-order chi connectivity index (χ0) is 20.3. The summed E-state index contributed by atoms with van der Waals surface area (Å²) in [6.45, 7) is 1.39. The van der Waals surface area contributed by atoms with Crippen LogP contribution in [-0.2, 0) is 17.6 Å². The van der Waals surface area contributed by atoms with Crippen molar-refractivity contribution in [3.63, 3.8) is 0 Å². The normalized spacial score (nSPS) is 11.4. The van der Waals surface area contributed by atoms with Crippen molar-refractivity contribution in [2.75, 3.05) is 18.4 Å². The number of anilines is 1. The van der Waals surface area contributed by atoms with Crippen molar-refractivity contribution in [2.24, 2.45) is 0 Å². The predicted molar refractivity (Wildman–Crippen MR) is 123 cm³/mol. The Hall–Kier alpha value is -2.73. The Kier molecular flexibility index (Phi) is 10.0. The second-order valence-electron chi connectivity index (χ2n) is 6.98. The number of amides is 1. The van der Waals surface area contributed by atoms with Crippen LogP contribution in [0.3, 0.4) is 0 Å². The van der Waals surface area contributed by atoms with E-state index in [9.17, 15) is 9.90 Å². The fourth-order valence-electron chi connectivity index (χ4n) is 3.08. The van der Waals surface area contributed by atoms with Crippen molar-refractivity contribution in [1.82, 2.24) is 10.3 Å². The molecule has 1 aromatic heterocycles. The van der Waals surface area contributed by atoms with Gasteiger partial charge in [-0.15, -0.1) is 12.4 Å². The number of nitrogens with one attached hydrogen (secondary N) is 2. The molecule has 1 heterocycles. The molecule has 6 heteroatoms. The SMILES string of the molecule is Cl.O=C(Cc1ccccn1)Nc1ccc(CCCNC[C@H](O)c2ccccc2)cc1. The smallest absolute Gasteiger partial charge is 0.230 e. The zero-order valence-corrected chi connectivity index (χ0v) is 17.6. The van der Waals surface area contributed by atoms with Gasteiger partial charge >= 0.3 is 0 Å².